The zero-order chi connectivity index (χ0) is 22.1. The SMILES string of the molecule is COCCOC(=O)C1=C(C)NC2=C(C(=O)CCC2)[C@H]1c1coc2ccc(C)cc2c1=O. The molecule has 1 aliphatic heterocycles. The van der Waals surface area contributed by atoms with Crippen molar-refractivity contribution in [3.8, 4) is 0 Å². The topological polar surface area (TPSA) is 94.8 Å². The van der Waals surface area contributed by atoms with Crippen LogP contribution in [-0.4, -0.2) is 32.1 Å². The Morgan fingerprint density at radius 1 is 1.19 bits per heavy atom. The lowest BCUT2D eigenvalue weighted by Crippen LogP contribution is -2.36. The first-order valence-corrected chi connectivity index (χ1v) is 10.3. The fraction of sp³-hybridized carbons (Fsp3) is 0.375. The molecule has 0 amide bonds. The molecule has 1 N–H and O–H groups in total. The fourth-order valence-corrected chi connectivity index (χ4v) is 4.32. The molecule has 2 heterocycles. The number of methoxy groups -OCH3 is 1. The monoisotopic (exact) mass is 423 g/mol. The molecule has 7 nitrogen and oxygen atoms in total. The van der Waals surface area contributed by atoms with Crippen LogP contribution in [0.4, 0.5) is 0 Å². The third-order valence-corrected chi connectivity index (χ3v) is 5.78. The lowest BCUT2D eigenvalue weighted by molar-refractivity contribution is -0.140. The van der Waals surface area contributed by atoms with E-state index in [1.54, 1.807) is 19.1 Å². The third kappa shape index (κ3) is 3.81. The molecule has 0 saturated heterocycles. The minimum atomic E-state index is -0.833. The predicted octanol–water partition coefficient (Wildman–Crippen LogP) is 3.26. The molecule has 2 aromatic rings. The van der Waals surface area contributed by atoms with Gasteiger partial charge in [-0.25, -0.2) is 4.79 Å². The molecule has 1 aromatic carbocycles. The normalized spacial score (nSPS) is 18.8. The second kappa shape index (κ2) is 8.51. The molecule has 0 radical (unpaired) electrons. The summed E-state index contributed by atoms with van der Waals surface area (Å²) in [4.78, 5) is 39.5. The van der Waals surface area contributed by atoms with Gasteiger partial charge in [-0.05, 0) is 38.8 Å². The van der Waals surface area contributed by atoms with Gasteiger partial charge in [0.05, 0.1) is 29.7 Å². The van der Waals surface area contributed by atoms with Gasteiger partial charge in [0, 0.05) is 36.1 Å². The first-order chi connectivity index (χ1) is 14.9. The Kier molecular flexibility index (Phi) is 5.78. The number of nitrogens with one attached hydrogen (secondary N) is 1. The van der Waals surface area contributed by atoms with Gasteiger partial charge in [0.2, 0.25) is 0 Å². The number of fused-ring (bicyclic) bond motifs is 1. The van der Waals surface area contributed by atoms with E-state index >= 15 is 0 Å². The van der Waals surface area contributed by atoms with Crippen LogP contribution in [0.2, 0.25) is 0 Å². The highest BCUT2D eigenvalue weighted by atomic mass is 16.6. The fourth-order valence-electron chi connectivity index (χ4n) is 4.32. The Balaban J connectivity index is 1.90. The summed E-state index contributed by atoms with van der Waals surface area (Å²) >= 11 is 0. The van der Waals surface area contributed by atoms with E-state index in [0.717, 1.165) is 17.7 Å². The number of ketones is 1. The largest absolute Gasteiger partial charge is 0.464 e. The number of esters is 1. The molecule has 0 saturated carbocycles. The molecule has 0 fully saturated rings. The minimum Gasteiger partial charge on any atom is -0.464 e. The molecule has 4 rings (SSSR count). The maximum Gasteiger partial charge on any atom is 0.336 e. The number of benzene rings is 1. The quantitative estimate of drug-likeness (QED) is 0.583. The van der Waals surface area contributed by atoms with Crippen molar-refractivity contribution in [1.82, 2.24) is 5.32 Å². The van der Waals surface area contributed by atoms with Crippen LogP contribution in [-0.2, 0) is 19.1 Å². The van der Waals surface area contributed by atoms with Gasteiger partial charge in [0.15, 0.2) is 11.2 Å². The molecule has 0 spiro atoms. The van der Waals surface area contributed by atoms with E-state index in [0.29, 0.717) is 35.1 Å². The number of hydrogen-bond donors (Lipinski definition) is 1. The van der Waals surface area contributed by atoms with Crippen LogP contribution in [0.1, 0.15) is 43.2 Å². The summed E-state index contributed by atoms with van der Waals surface area (Å²) in [5, 5.41) is 3.63. The molecule has 31 heavy (non-hydrogen) atoms. The molecular formula is C24H25NO6. The molecule has 1 aliphatic carbocycles. The van der Waals surface area contributed by atoms with E-state index in [1.165, 1.54) is 13.4 Å². The van der Waals surface area contributed by atoms with Crippen molar-refractivity contribution in [3.05, 3.63) is 68.4 Å². The summed E-state index contributed by atoms with van der Waals surface area (Å²) < 4.78 is 16.1. The highest BCUT2D eigenvalue weighted by Gasteiger charge is 2.40. The molecule has 7 heteroatoms. The van der Waals surface area contributed by atoms with E-state index in [1.807, 2.05) is 13.0 Å². The summed E-state index contributed by atoms with van der Waals surface area (Å²) in [6.45, 7) is 3.98. The average molecular weight is 423 g/mol. The van der Waals surface area contributed by atoms with Crippen molar-refractivity contribution in [2.45, 2.75) is 39.0 Å². The van der Waals surface area contributed by atoms with Gasteiger partial charge in [0.1, 0.15) is 12.2 Å². The number of allylic oxidation sites excluding steroid dienone is 3. The van der Waals surface area contributed by atoms with E-state index in [-0.39, 0.29) is 35.6 Å². The third-order valence-electron chi connectivity index (χ3n) is 5.78. The zero-order valence-corrected chi connectivity index (χ0v) is 17.9. The Bertz CT molecular complexity index is 1190. The van der Waals surface area contributed by atoms with Crippen LogP contribution in [0, 0.1) is 6.92 Å². The molecule has 1 atom stereocenters. The van der Waals surface area contributed by atoms with Gasteiger partial charge in [-0.3, -0.25) is 9.59 Å². The lowest BCUT2D eigenvalue weighted by atomic mass is 9.75. The first-order valence-electron chi connectivity index (χ1n) is 10.3. The number of carbonyl (C=O) groups is 2. The number of dihydropyridines is 1. The van der Waals surface area contributed by atoms with Gasteiger partial charge < -0.3 is 19.2 Å². The highest BCUT2D eigenvalue weighted by Crippen LogP contribution is 2.41. The van der Waals surface area contributed by atoms with E-state index in [9.17, 15) is 14.4 Å². The lowest BCUT2D eigenvalue weighted by Gasteiger charge is -2.33. The Morgan fingerprint density at radius 2 is 2.00 bits per heavy atom. The predicted molar refractivity (Wildman–Crippen MR) is 115 cm³/mol. The Hall–Kier alpha value is -3.19. The Labute approximate surface area is 179 Å². The number of Topliss-reactive ketones (excluding diaryl/α,β-unsaturated/α-hetero) is 1. The van der Waals surface area contributed by atoms with Crippen LogP contribution >= 0.6 is 0 Å². The molecular weight excluding hydrogens is 398 g/mol. The second-order valence-electron chi connectivity index (χ2n) is 7.91. The summed E-state index contributed by atoms with van der Waals surface area (Å²) in [5.41, 5.74) is 3.43. The van der Waals surface area contributed by atoms with Crippen molar-refractivity contribution in [1.29, 1.82) is 0 Å². The van der Waals surface area contributed by atoms with Crippen molar-refractivity contribution in [3.63, 3.8) is 0 Å². The van der Waals surface area contributed by atoms with Crippen LogP contribution in [0.5, 0.6) is 0 Å². The minimum absolute atomic E-state index is 0.0721. The Morgan fingerprint density at radius 3 is 2.77 bits per heavy atom. The molecule has 1 aromatic heterocycles. The van der Waals surface area contributed by atoms with Crippen molar-refractivity contribution >= 4 is 22.7 Å². The summed E-state index contributed by atoms with van der Waals surface area (Å²) in [7, 11) is 1.52. The number of ether oxygens (including phenoxy) is 2. The summed E-state index contributed by atoms with van der Waals surface area (Å²) in [6.07, 6.45) is 3.15. The standard InChI is InChI=1S/C24H25NO6/c1-13-7-8-19-15(11-13)23(27)16(12-31-19)21-20(24(28)30-10-9-29-3)14(2)25-17-5-4-6-18(26)22(17)21/h7-8,11-12,21,25H,4-6,9-10H2,1-3H3/t21-/m0/s1. The maximum absolute atomic E-state index is 13.5. The molecule has 162 valence electrons. The van der Waals surface area contributed by atoms with Crippen LogP contribution in [0.15, 0.2) is 56.2 Å². The maximum atomic E-state index is 13.5. The van der Waals surface area contributed by atoms with Crippen LogP contribution < -0.4 is 10.7 Å². The van der Waals surface area contributed by atoms with Crippen molar-refractivity contribution < 1.29 is 23.5 Å². The number of rotatable bonds is 5. The molecule has 0 unspecified atom stereocenters. The van der Waals surface area contributed by atoms with Crippen LogP contribution in [0.3, 0.4) is 0 Å². The van der Waals surface area contributed by atoms with E-state index in [2.05, 4.69) is 5.32 Å². The van der Waals surface area contributed by atoms with Crippen molar-refractivity contribution in [2.24, 2.45) is 0 Å². The van der Waals surface area contributed by atoms with Gasteiger partial charge in [0.25, 0.3) is 0 Å². The van der Waals surface area contributed by atoms with E-state index < -0.39 is 11.9 Å². The molecule has 2 aliphatic rings. The smallest absolute Gasteiger partial charge is 0.336 e. The van der Waals surface area contributed by atoms with Crippen molar-refractivity contribution in [2.75, 3.05) is 20.3 Å². The van der Waals surface area contributed by atoms with Gasteiger partial charge >= 0.3 is 5.97 Å². The number of aryl methyl sites for hydroxylation is 1. The van der Waals surface area contributed by atoms with Gasteiger partial charge in [-0.15, -0.1) is 0 Å². The number of hydrogen-bond acceptors (Lipinski definition) is 7. The molecule has 0 bridgehead atoms. The second-order valence-corrected chi connectivity index (χ2v) is 7.91. The average Bonchev–Trinajstić information content (AvgIpc) is 2.74. The first kappa shape index (κ1) is 21.1. The highest BCUT2D eigenvalue weighted by molar-refractivity contribution is 6.04. The van der Waals surface area contributed by atoms with Gasteiger partial charge in [-0.1, -0.05) is 11.6 Å². The summed E-state index contributed by atoms with van der Waals surface area (Å²) in [6, 6.07) is 5.37. The van der Waals surface area contributed by atoms with E-state index in [4.69, 9.17) is 13.9 Å². The van der Waals surface area contributed by atoms with Crippen LogP contribution in [0.25, 0.3) is 11.0 Å². The number of carbonyl (C=O) groups excluding carboxylic acids is 2. The summed E-state index contributed by atoms with van der Waals surface area (Å²) in [5.74, 6) is -1.49. The zero-order valence-electron chi connectivity index (χ0n) is 17.9. The van der Waals surface area contributed by atoms with Gasteiger partial charge in [-0.2, -0.15) is 0 Å².